The second-order valence-electron chi connectivity index (χ2n) is 4.42. The molecule has 2 nitrogen and oxygen atoms in total. The molecule has 1 heterocycles. The zero-order chi connectivity index (χ0) is 11.1. The molecule has 0 amide bonds. The summed E-state index contributed by atoms with van der Waals surface area (Å²) in [4.78, 5) is 0. The quantitative estimate of drug-likeness (QED) is 0.745. The average molecular weight is 209 g/mol. The highest BCUT2D eigenvalue weighted by molar-refractivity contribution is 4.98. The molecule has 1 aromatic heterocycles. The van der Waals surface area contributed by atoms with Gasteiger partial charge < -0.3 is 9.73 Å². The summed E-state index contributed by atoms with van der Waals surface area (Å²) in [6.07, 6.45) is 5.14. The largest absolute Gasteiger partial charge is 0.469 e. The first kappa shape index (κ1) is 12.3. The average Bonchev–Trinajstić information content (AvgIpc) is 2.70. The number of hydrogen-bond acceptors (Lipinski definition) is 2. The molecule has 0 aliphatic rings. The van der Waals surface area contributed by atoms with Crippen LogP contribution in [0.4, 0.5) is 0 Å². The Bertz CT molecular complexity index is 241. The van der Waals surface area contributed by atoms with Crippen LogP contribution in [0.5, 0.6) is 0 Å². The van der Waals surface area contributed by atoms with Crippen LogP contribution < -0.4 is 5.32 Å². The molecular formula is C13H23NO. The third-order valence-electron chi connectivity index (χ3n) is 2.74. The smallest absolute Gasteiger partial charge is 0.103 e. The van der Waals surface area contributed by atoms with Gasteiger partial charge in [-0.25, -0.2) is 0 Å². The van der Waals surface area contributed by atoms with Gasteiger partial charge in [-0.2, -0.15) is 0 Å². The van der Waals surface area contributed by atoms with Gasteiger partial charge in [0.25, 0.3) is 0 Å². The predicted molar refractivity (Wildman–Crippen MR) is 63.9 cm³/mol. The lowest BCUT2D eigenvalue weighted by Gasteiger charge is -2.21. The summed E-state index contributed by atoms with van der Waals surface area (Å²) in [5, 5.41) is 3.59. The van der Waals surface area contributed by atoms with Crippen molar-refractivity contribution in [2.24, 2.45) is 5.92 Å². The fourth-order valence-corrected chi connectivity index (χ4v) is 1.75. The normalized spacial score (nSPS) is 13.3. The first-order valence-corrected chi connectivity index (χ1v) is 5.99. The van der Waals surface area contributed by atoms with E-state index >= 15 is 0 Å². The molecule has 0 fully saturated rings. The Labute approximate surface area is 93.1 Å². The maximum atomic E-state index is 5.34. The van der Waals surface area contributed by atoms with E-state index in [0.29, 0.717) is 12.0 Å². The molecule has 0 radical (unpaired) electrons. The molecule has 0 aliphatic carbocycles. The van der Waals surface area contributed by atoms with Crippen molar-refractivity contribution in [1.29, 1.82) is 0 Å². The topological polar surface area (TPSA) is 25.2 Å². The van der Waals surface area contributed by atoms with Gasteiger partial charge in [0.05, 0.1) is 6.26 Å². The summed E-state index contributed by atoms with van der Waals surface area (Å²) in [5.74, 6) is 1.78. The monoisotopic (exact) mass is 209 g/mol. The van der Waals surface area contributed by atoms with Crippen molar-refractivity contribution < 1.29 is 4.42 Å². The lowest BCUT2D eigenvalue weighted by molar-refractivity contribution is 0.366. The Morgan fingerprint density at radius 3 is 2.73 bits per heavy atom. The van der Waals surface area contributed by atoms with E-state index in [2.05, 4.69) is 32.2 Å². The van der Waals surface area contributed by atoms with Crippen LogP contribution >= 0.6 is 0 Å². The third-order valence-corrected chi connectivity index (χ3v) is 2.74. The van der Waals surface area contributed by atoms with Crippen molar-refractivity contribution in [3.05, 3.63) is 24.2 Å². The van der Waals surface area contributed by atoms with E-state index in [9.17, 15) is 0 Å². The van der Waals surface area contributed by atoms with Gasteiger partial charge in [0.15, 0.2) is 0 Å². The fourth-order valence-electron chi connectivity index (χ4n) is 1.75. The lowest BCUT2D eigenvalue weighted by atomic mass is 9.98. The second-order valence-corrected chi connectivity index (χ2v) is 4.42. The highest BCUT2D eigenvalue weighted by Gasteiger charge is 2.12. The van der Waals surface area contributed by atoms with E-state index < -0.39 is 0 Å². The van der Waals surface area contributed by atoms with Gasteiger partial charge in [0.2, 0.25) is 0 Å². The fraction of sp³-hybridized carbons (Fsp3) is 0.692. The van der Waals surface area contributed by atoms with Crippen LogP contribution in [0.15, 0.2) is 22.8 Å². The predicted octanol–water partition coefficient (Wildman–Crippen LogP) is 3.24. The molecule has 86 valence electrons. The molecule has 1 aromatic rings. The van der Waals surface area contributed by atoms with Gasteiger partial charge in [0.1, 0.15) is 5.76 Å². The lowest BCUT2D eigenvalue weighted by Crippen LogP contribution is -2.34. The van der Waals surface area contributed by atoms with Crippen LogP contribution in [0, 0.1) is 5.92 Å². The molecule has 0 bridgehead atoms. The summed E-state index contributed by atoms with van der Waals surface area (Å²) in [5.41, 5.74) is 0. The molecule has 15 heavy (non-hydrogen) atoms. The molecule has 1 atom stereocenters. The standard InChI is InChI=1S/C13H23NO/c1-4-9-14-13(11(2)3)8-7-12-6-5-10-15-12/h5-6,10-11,13-14H,4,7-9H2,1-3H3. The molecule has 0 saturated heterocycles. The summed E-state index contributed by atoms with van der Waals surface area (Å²) >= 11 is 0. The Hall–Kier alpha value is -0.760. The Morgan fingerprint density at radius 2 is 2.20 bits per heavy atom. The number of rotatable bonds is 7. The summed E-state index contributed by atoms with van der Waals surface area (Å²) in [6, 6.07) is 4.62. The minimum Gasteiger partial charge on any atom is -0.469 e. The number of furan rings is 1. The van der Waals surface area contributed by atoms with Gasteiger partial charge in [-0.15, -0.1) is 0 Å². The van der Waals surface area contributed by atoms with Gasteiger partial charge in [0, 0.05) is 12.5 Å². The summed E-state index contributed by atoms with van der Waals surface area (Å²) in [6.45, 7) is 7.86. The second kappa shape index (κ2) is 6.67. The number of nitrogens with one attached hydrogen (secondary N) is 1. The Kier molecular flexibility index (Phi) is 5.48. The van der Waals surface area contributed by atoms with Crippen LogP contribution in [-0.2, 0) is 6.42 Å². The van der Waals surface area contributed by atoms with E-state index in [1.165, 1.54) is 6.42 Å². The van der Waals surface area contributed by atoms with Gasteiger partial charge in [-0.1, -0.05) is 20.8 Å². The highest BCUT2D eigenvalue weighted by Crippen LogP contribution is 2.11. The summed E-state index contributed by atoms with van der Waals surface area (Å²) < 4.78 is 5.34. The molecule has 0 aliphatic heterocycles. The maximum Gasteiger partial charge on any atom is 0.103 e. The van der Waals surface area contributed by atoms with E-state index in [-0.39, 0.29) is 0 Å². The number of aryl methyl sites for hydroxylation is 1. The molecule has 1 unspecified atom stereocenters. The SMILES string of the molecule is CCCNC(CCc1ccco1)C(C)C. The van der Waals surface area contributed by atoms with Crippen LogP contribution in [0.25, 0.3) is 0 Å². The molecule has 0 saturated carbocycles. The number of hydrogen-bond donors (Lipinski definition) is 1. The minimum atomic E-state index is 0.607. The molecule has 1 N–H and O–H groups in total. The van der Waals surface area contributed by atoms with Crippen molar-refractivity contribution in [3.63, 3.8) is 0 Å². The van der Waals surface area contributed by atoms with Crippen LogP contribution in [-0.4, -0.2) is 12.6 Å². The first-order chi connectivity index (χ1) is 7.24. The van der Waals surface area contributed by atoms with E-state index in [1.807, 2.05) is 6.07 Å². The zero-order valence-electron chi connectivity index (χ0n) is 10.1. The maximum absolute atomic E-state index is 5.34. The molecular weight excluding hydrogens is 186 g/mol. The van der Waals surface area contributed by atoms with Crippen molar-refractivity contribution in [1.82, 2.24) is 5.32 Å². The van der Waals surface area contributed by atoms with Crippen LogP contribution in [0.3, 0.4) is 0 Å². The Morgan fingerprint density at radius 1 is 1.40 bits per heavy atom. The van der Waals surface area contributed by atoms with Crippen LogP contribution in [0.1, 0.15) is 39.4 Å². The molecule has 1 rings (SSSR count). The van der Waals surface area contributed by atoms with E-state index in [1.54, 1.807) is 6.26 Å². The van der Waals surface area contributed by atoms with Crippen molar-refractivity contribution in [2.75, 3.05) is 6.54 Å². The highest BCUT2D eigenvalue weighted by atomic mass is 16.3. The minimum absolute atomic E-state index is 0.607. The van der Waals surface area contributed by atoms with E-state index in [4.69, 9.17) is 4.42 Å². The van der Waals surface area contributed by atoms with Gasteiger partial charge in [-0.05, 0) is 37.4 Å². The van der Waals surface area contributed by atoms with Crippen molar-refractivity contribution >= 4 is 0 Å². The molecule has 0 aromatic carbocycles. The Balaban J connectivity index is 2.31. The first-order valence-electron chi connectivity index (χ1n) is 5.99. The van der Waals surface area contributed by atoms with Gasteiger partial charge >= 0.3 is 0 Å². The summed E-state index contributed by atoms with van der Waals surface area (Å²) in [7, 11) is 0. The zero-order valence-corrected chi connectivity index (χ0v) is 10.1. The van der Waals surface area contributed by atoms with Crippen molar-refractivity contribution in [2.45, 2.75) is 46.1 Å². The van der Waals surface area contributed by atoms with Crippen LogP contribution in [0.2, 0.25) is 0 Å². The third kappa shape index (κ3) is 4.52. The molecule has 0 spiro atoms. The molecule has 2 heteroatoms. The van der Waals surface area contributed by atoms with Crippen molar-refractivity contribution in [3.8, 4) is 0 Å². The van der Waals surface area contributed by atoms with Gasteiger partial charge in [-0.3, -0.25) is 0 Å². The van der Waals surface area contributed by atoms with E-state index in [0.717, 1.165) is 25.1 Å².